The molecule has 5 nitrogen and oxygen atoms in total. The zero-order valence-corrected chi connectivity index (χ0v) is 17.5. The van der Waals surface area contributed by atoms with Crippen LogP contribution in [0.1, 0.15) is 29.2 Å². The zero-order valence-electron chi connectivity index (χ0n) is 16.0. The third-order valence-electron chi connectivity index (χ3n) is 5.14. The van der Waals surface area contributed by atoms with E-state index < -0.39 is 0 Å². The van der Waals surface area contributed by atoms with Crippen LogP contribution in [0.4, 0.5) is 4.39 Å². The number of nitrogens with zero attached hydrogens (tertiary/aromatic N) is 4. The maximum absolute atomic E-state index is 13.4. The molecule has 1 amide bonds. The SMILES string of the molecule is Cc1ccc2nc(Cl)c(C3CC(c4ccc(F)cc4)=NN3C3=NC(=O)CS3)cc2c1. The molecule has 2 aliphatic heterocycles. The summed E-state index contributed by atoms with van der Waals surface area (Å²) in [5.41, 5.74) is 4.37. The van der Waals surface area contributed by atoms with Crippen LogP contribution in [0.15, 0.2) is 58.6 Å². The predicted octanol–water partition coefficient (Wildman–Crippen LogP) is 5.12. The van der Waals surface area contributed by atoms with Crippen LogP contribution in [-0.2, 0) is 4.79 Å². The van der Waals surface area contributed by atoms with Gasteiger partial charge in [0, 0.05) is 17.4 Å². The Morgan fingerprint density at radius 3 is 2.70 bits per heavy atom. The Morgan fingerprint density at radius 1 is 1.17 bits per heavy atom. The molecule has 1 aromatic heterocycles. The standard InChI is InChI=1S/C22H16ClFN4OS/c1-12-2-7-17-14(8-12)9-16(21(23)25-17)19-10-18(13-3-5-15(24)6-4-13)27-28(19)22-26-20(29)11-30-22/h2-9,19H,10-11H2,1H3. The highest BCUT2D eigenvalue weighted by molar-refractivity contribution is 8.14. The Bertz CT molecular complexity index is 1240. The van der Waals surface area contributed by atoms with E-state index in [9.17, 15) is 9.18 Å². The summed E-state index contributed by atoms with van der Waals surface area (Å²) in [5, 5.41) is 8.41. The second kappa shape index (κ2) is 7.49. The van der Waals surface area contributed by atoms with Gasteiger partial charge in [-0.3, -0.25) is 4.79 Å². The van der Waals surface area contributed by atoms with E-state index in [2.05, 4.69) is 16.0 Å². The number of hydrazone groups is 1. The van der Waals surface area contributed by atoms with Gasteiger partial charge in [0.05, 0.1) is 23.0 Å². The average molecular weight is 439 g/mol. The number of rotatable bonds is 2. The number of aromatic nitrogens is 1. The van der Waals surface area contributed by atoms with Gasteiger partial charge >= 0.3 is 0 Å². The molecule has 1 unspecified atom stereocenters. The first kappa shape index (κ1) is 19.2. The molecule has 5 rings (SSSR count). The molecule has 0 saturated heterocycles. The summed E-state index contributed by atoms with van der Waals surface area (Å²) in [7, 11) is 0. The molecule has 30 heavy (non-hydrogen) atoms. The van der Waals surface area contributed by atoms with E-state index in [-0.39, 0.29) is 17.8 Å². The largest absolute Gasteiger partial charge is 0.272 e. The van der Waals surface area contributed by atoms with Crippen molar-refractivity contribution >= 4 is 51.1 Å². The van der Waals surface area contributed by atoms with Crippen molar-refractivity contribution in [1.82, 2.24) is 9.99 Å². The number of pyridine rings is 1. The molecule has 150 valence electrons. The number of thioether (sulfide) groups is 1. The Labute approximate surface area is 181 Å². The summed E-state index contributed by atoms with van der Waals surface area (Å²) in [6.45, 7) is 2.03. The van der Waals surface area contributed by atoms with Gasteiger partial charge in [-0.15, -0.1) is 0 Å². The molecular formula is C22H16ClFN4OS. The molecular weight excluding hydrogens is 423 g/mol. The monoisotopic (exact) mass is 438 g/mol. The smallest absolute Gasteiger partial charge is 0.258 e. The number of aryl methyl sites for hydroxylation is 1. The highest BCUT2D eigenvalue weighted by Gasteiger charge is 2.36. The third-order valence-corrected chi connectivity index (χ3v) is 6.37. The molecule has 0 N–H and O–H groups in total. The predicted molar refractivity (Wildman–Crippen MR) is 119 cm³/mol. The molecule has 1 atom stereocenters. The van der Waals surface area contributed by atoms with E-state index in [1.165, 1.54) is 23.9 Å². The molecule has 2 aliphatic rings. The van der Waals surface area contributed by atoms with E-state index in [1.807, 2.05) is 25.1 Å². The van der Waals surface area contributed by atoms with Crippen molar-refractivity contribution in [2.45, 2.75) is 19.4 Å². The van der Waals surface area contributed by atoms with E-state index in [0.29, 0.717) is 22.5 Å². The van der Waals surface area contributed by atoms with Gasteiger partial charge in [0.25, 0.3) is 5.91 Å². The van der Waals surface area contributed by atoms with Gasteiger partial charge in [-0.05, 0) is 42.8 Å². The molecule has 0 spiro atoms. The normalized spacial score (nSPS) is 18.8. The number of benzene rings is 2. The van der Waals surface area contributed by atoms with Crippen molar-refractivity contribution in [3.63, 3.8) is 0 Å². The van der Waals surface area contributed by atoms with Gasteiger partial charge in [-0.25, -0.2) is 14.4 Å². The number of carbonyl (C=O) groups excluding carboxylic acids is 1. The van der Waals surface area contributed by atoms with Crippen LogP contribution >= 0.6 is 23.4 Å². The van der Waals surface area contributed by atoms with Gasteiger partial charge in [0.15, 0.2) is 5.17 Å². The van der Waals surface area contributed by atoms with E-state index in [0.717, 1.165) is 33.3 Å². The van der Waals surface area contributed by atoms with Gasteiger partial charge < -0.3 is 0 Å². The first-order valence-electron chi connectivity index (χ1n) is 9.42. The number of halogens is 2. The van der Waals surface area contributed by atoms with Crippen LogP contribution in [0.5, 0.6) is 0 Å². The lowest BCUT2D eigenvalue weighted by Crippen LogP contribution is -2.24. The van der Waals surface area contributed by atoms with Gasteiger partial charge in [-0.1, -0.05) is 47.1 Å². The topological polar surface area (TPSA) is 57.9 Å². The maximum Gasteiger partial charge on any atom is 0.258 e. The summed E-state index contributed by atoms with van der Waals surface area (Å²) in [6, 6.07) is 14.0. The van der Waals surface area contributed by atoms with Crippen molar-refractivity contribution < 1.29 is 9.18 Å². The fraction of sp³-hybridized carbons (Fsp3) is 0.182. The first-order chi connectivity index (χ1) is 14.5. The minimum absolute atomic E-state index is 0.183. The fourth-order valence-corrected chi connectivity index (χ4v) is 4.74. The van der Waals surface area contributed by atoms with E-state index in [1.54, 1.807) is 17.1 Å². The van der Waals surface area contributed by atoms with Crippen molar-refractivity contribution in [3.8, 4) is 0 Å². The summed E-state index contributed by atoms with van der Waals surface area (Å²) < 4.78 is 13.4. The second-order valence-electron chi connectivity index (χ2n) is 7.26. The molecule has 0 radical (unpaired) electrons. The minimum atomic E-state index is -0.302. The number of hydrogen-bond donors (Lipinski definition) is 0. The van der Waals surface area contributed by atoms with Crippen LogP contribution in [-0.4, -0.2) is 32.5 Å². The molecule has 3 heterocycles. The van der Waals surface area contributed by atoms with Crippen LogP contribution < -0.4 is 0 Å². The number of amides is 1. The summed E-state index contributed by atoms with van der Waals surface area (Å²) in [4.78, 5) is 20.5. The summed E-state index contributed by atoms with van der Waals surface area (Å²) >= 11 is 7.94. The quantitative estimate of drug-likeness (QED) is 0.521. The summed E-state index contributed by atoms with van der Waals surface area (Å²) in [6.07, 6.45) is 0.540. The Morgan fingerprint density at radius 2 is 1.97 bits per heavy atom. The van der Waals surface area contributed by atoms with E-state index in [4.69, 9.17) is 16.7 Å². The molecule has 0 fully saturated rings. The zero-order chi connectivity index (χ0) is 20.8. The average Bonchev–Trinajstić information content (AvgIpc) is 3.35. The summed E-state index contributed by atoms with van der Waals surface area (Å²) in [5.74, 6) is -0.190. The number of aliphatic imine (C=N–C) groups is 1. The van der Waals surface area contributed by atoms with E-state index >= 15 is 0 Å². The van der Waals surface area contributed by atoms with Crippen LogP contribution in [0.2, 0.25) is 5.15 Å². The van der Waals surface area contributed by atoms with Crippen LogP contribution in [0, 0.1) is 12.7 Å². The van der Waals surface area contributed by atoms with Crippen LogP contribution in [0.3, 0.4) is 0 Å². The third kappa shape index (κ3) is 3.48. The Balaban J connectivity index is 1.60. The first-order valence-corrected chi connectivity index (χ1v) is 10.8. The molecule has 3 aromatic rings. The lowest BCUT2D eigenvalue weighted by Gasteiger charge is -2.23. The number of amidine groups is 1. The molecule has 0 aliphatic carbocycles. The van der Waals surface area contributed by atoms with Gasteiger partial charge in [0.2, 0.25) is 0 Å². The number of carbonyl (C=O) groups is 1. The van der Waals surface area contributed by atoms with Crippen molar-refractivity contribution in [2.75, 3.05) is 5.75 Å². The fourth-order valence-electron chi connectivity index (χ4n) is 3.68. The van der Waals surface area contributed by atoms with Crippen LogP contribution in [0.25, 0.3) is 10.9 Å². The molecule has 0 bridgehead atoms. The number of fused-ring (bicyclic) bond motifs is 1. The molecule has 0 saturated carbocycles. The van der Waals surface area contributed by atoms with Gasteiger partial charge in [0.1, 0.15) is 11.0 Å². The Hall–Kier alpha value is -2.77. The molecule has 8 heteroatoms. The second-order valence-corrected chi connectivity index (χ2v) is 8.56. The maximum atomic E-state index is 13.4. The molecule has 2 aromatic carbocycles. The lowest BCUT2D eigenvalue weighted by molar-refractivity contribution is -0.115. The highest BCUT2D eigenvalue weighted by Crippen LogP contribution is 2.39. The lowest BCUT2D eigenvalue weighted by atomic mass is 9.98. The van der Waals surface area contributed by atoms with Gasteiger partial charge in [-0.2, -0.15) is 10.1 Å². The highest BCUT2D eigenvalue weighted by atomic mass is 35.5. The number of hydrogen-bond acceptors (Lipinski definition) is 5. The Kier molecular flexibility index (Phi) is 4.79. The van der Waals surface area contributed by atoms with Crippen molar-refractivity contribution in [3.05, 3.63) is 76.2 Å². The minimum Gasteiger partial charge on any atom is -0.272 e. The van der Waals surface area contributed by atoms with Crippen molar-refractivity contribution in [1.29, 1.82) is 0 Å². The van der Waals surface area contributed by atoms with Crippen molar-refractivity contribution in [2.24, 2.45) is 10.1 Å².